The summed E-state index contributed by atoms with van der Waals surface area (Å²) < 4.78 is 0. The third-order valence-corrected chi connectivity index (χ3v) is 5.34. The lowest BCUT2D eigenvalue weighted by Crippen LogP contribution is -2.48. The van der Waals surface area contributed by atoms with E-state index in [0.717, 1.165) is 50.6 Å². The van der Waals surface area contributed by atoms with Gasteiger partial charge in [-0.05, 0) is 42.6 Å². The Kier molecular flexibility index (Phi) is 7.08. The molecule has 0 radical (unpaired) electrons. The van der Waals surface area contributed by atoms with E-state index < -0.39 is 0 Å². The molecular formula is C22H26ClN3. The Bertz CT molecular complexity index is 700. The summed E-state index contributed by atoms with van der Waals surface area (Å²) in [6, 6.07) is 21.5. The first kappa shape index (κ1) is 18.9. The zero-order chi connectivity index (χ0) is 18.2. The van der Waals surface area contributed by atoms with Crippen molar-refractivity contribution < 1.29 is 0 Å². The largest absolute Gasteiger partial charge is 0.301 e. The second-order valence-corrected chi connectivity index (χ2v) is 7.29. The van der Waals surface area contributed by atoms with Crippen LogP contribution in [-0.4, -0.2) is 42.5 Å². The molecule has 0 saturated carbocycles. The van der Waals surface area contributed by atoms with Gasteiger partial charge >= 0.3 is 0 Å². The maximum absolute atomic E-state index is 8.65. The van der Waals surface area contributed by atoms with Gasteiger partial charge in [0.2, 0.25) is 0 Å². The fourth-order valence-corrected chi connectivity index (χ4v) is 3.81. The van der Waals surface area contributed by atoms with Gasteiger partial charge in [-0.15, -0.1) is 0 Å². The van der Waals surface area contributed by atoms with Crippen molar-refractivity contribution in [3.63, 3.8) is 0 Å². The second kappa shape index (κ2) is 9.73. The Morgan fingerprint density at radius 2 is 1.54 bits per heavy atom. The highest BCUT2D eigenvalue weighted by atomic mass is 35.5. The SMILES string of the molecule is N#CCCCCN1CCN(C(c2ccccc2)c2ccc(Cl)cc2)CC1. The summed E-state index contributed by atoms with van der Waals surface area (Å²) in [5.41, 5.74) is 2.63. The van der Waals surface area contributed by atoms with Crippen molar-refractivity contribution in [3.05, 3.63) is 70.7 Å². The first-order valence-corrected chi connectivity index (χ1v) is 9.79. The monoisotopic (exact) mass is 367 g/mol. The van der Waals surface area contributed by atoms with Gasteiger partial charge in [0.15, 0.2) is 0 Å². The Morgan fingerprint density at radius 1 is 0.885 bits per heavy atom. The van der Waals surface area contributed by atoms with Gasteiger partial charge in [-0.25, -0.2) is 0 Å². The van der Waals surface area contributed by atoms with Crippen LogP contribution in [0.1, 0.15) is 36.4 Å². The maximum atomic E-state index is 8.65. The number of halogens is 1. The second-order valence-electron chi connectivity index (χ2n) is 6.86. The van der Waals surface area contributed by atoms with Gasteiger partial charge in [0.25, 0.3) is 0 Å². The maximum Gasteiger partial charge on any atom is 0.0621 e. The van der Waals surface area contributed by atoms with Crippen LogP contribution >= 0.6 is 11.6 Å². The van der Waals surface area contributed by atoms with Crippen LogP contribution in [0.3, 0.4) is 0 Å². The molecule has 3 rings (SSSR count). The molecule has 3 nitrogen and oxygen atoms in total. The lowest BCUT2D eigenvalue weighted by molar-refractivity contribution is 0.108. The number of hydrogen-bond donors (Lipinski definition) is 0. The highest BCUT2D eigenvalue weighted by Crippen LogP contribution is 2.30. The number of hydrogen-bond acceptors (Lipinski definition) is 3. The van der Waals surface area contributed by atoms with Crippen molar-refractivity contribution in [1.29, 1.82) is 5.26 Å². The number of unbranched alkanes of at least 4 members (excludes halogenated alkanes) is 2. The summed E-state index contributed by atoms with van der Waals surface area (Å²) in [7, 11) is 0. The smallest absolute Gasteiger partial charge is 0.0621 e. The van der Waals surface area contributed by atoms with Crippen molar-refractivity contribution in [2.45, 2.75) is 25.3 Å². The summed E-state index contributed by atoms with van der Waals surface area (Å²) in [5.74, 6) is 0. The molecule has 0 bridgehead atoms. The van der Waals surface area contributed by atoms with Crippen LogP contribution < -0.4 is 0 Å². The Morgan fingerprint density at radius 3 is 2.19 bits per heavy atom. The van der Waals surface area contributed by atoms with Crippen LogP contribution in [0.4, 0.5) is 0 Å². The quantitative estimate of drug-likeness (QED) is 0.662. The molecule has 1 fully saturated rings. The third kappa shape index (κ3) is 5.08. The summed E-state index contributed by atoms with van der Waals surface area (Å²) >= 11 is 6.10. The van der Waals surface area contributed by atoms with Crippen LogP contribution in [0.2, 0.25) is 5.02 Å². The van der Waals surface area contributed by atoms with E-state index in [1.807, 2.05) is 12.1 Å². The van der Waals surface area contributed by atoms with Crippen molar-refractivity contribution in [3.8, 4) is 6.07 Å². The van der Waals surface area contributed by atoms with Gasteiger partial charge < -0.3 is 4.90 Å². The van der Waals surface area contributed by atoms with E-state index >= 15 is 0 Å². The molecule has 2 aromatic rings. The zero-order valence-electron chi connectivity index (χ0n) is 15.1. The van der Waals surface area contributed by atoms with E-state index in [0.29, 0.717) is 6.42 Å². The number of piperazine rings is 1. The molecule has 1 atom stereocenters. The van der Waals surface area contributed by atoms with Crippen molar-refractivity contribution in [1.82, 2.24) is 9.80 Å². The predicted molar refractivity (Wildman–Crippen MR) is 107 cm³/mol. The molecule has 0 N–H and O–H groups in total. The van der Waals surface area contributed by atoms with E-state index in [9.17, 15) is 0 Å². The van der Waals surface area contributed by atoms with E-state index in [-0.39, 0.29) is 6.04 Å². The standard InChI is InChI=1S/C22H26ClN3/c23-21-11-9-20(10-12-21)22(19-7-3-1-4-8-19)26-17-15-25(16-18-26)14-6-2-5-13-24/h1,3-4,7-12,22H,2,5-6,14-18H2. The van der Waals surface area contributed by atoms with Gasteiger partial charge in [0, 0.05) is 37.6 Å². The van der Waals surface area contributed by atoms with Gasteiger partial charge in [0.1, 0.15) is 0 Å². The fourth-order valence-electron chi connectivity index (χ4n) is 3.68. The summed E-state index contributed by atoms with van der Waals surface area (Å²) in [6.07, 6.45) is 2.80. The fraction of sp³-hybridized carbons (Fsp3) is 0.409. The van der Waals surface area contributed by atoms with E-state index in [1.54, 1.807) is 0 Å². The molecule has 1 aliphatic rings. The van der Waals surface area contributed by atoms with Crippen LogP contribution in [0.25, 0.3) is 0 Å². The van der Waals surface area contributed by atoms with Gasteiger partial charge in [-0.1, -0.05) is 54.1 Å². The average Bonchev–Trinajstić information content (AvgIpc) is 2.69. The van der Waals surface area contributed by atoms with Crippen LogP contribution in [0, 0.1) is 11.3 Å². The predicted octanol–water partition coefficient (Wildman–Crippen LogP) is 4.74. The minimum Gasteiger partial charge on any atom is -0.301 e. The molecule has 0 amide bonds. The molecule has 2 aromatic carbocycles. The van der Waals surface area contributed by atoms with Gasteiger partial charge in [-0.3, -0.25) is 4.90 Å². The van der Waals surface area contributed by atoms with Crippen LogP contribution in [0.5, 0.6) is 0 Å². The Balaban J connectivity index is 1.67. The number of rotatable bonds is 7. The van der Waals surface area contributed by atoms with Gasteiger partial charge in [0.05, 0.1) is 12.1 Å². The van der Waals surface area contributed by atoms with Crippen molar-refractivity contribution >= 4 is 11.6 Å². The van der Waals surface area contributed by atoms with Crippen molar-refractivity contribution in [2.75, 3.05) is 32.7 Å². The lowest BCUT2D eigenvalue weighted by Gasteiger charge is -2.39. The summed E-state index contributed by atoms with van der Waals surface area (Å²) in [4.78, 5) is 5.10. The number of nitrogens with zero attached hydrogens (tertiary/aromatic N) is 3. The van der Waals surface area contributed by atoms with Crippen LogP contribution in [-0.2, 0) is 0 Å². The highest BCUT2D eigenvalue weighted by molar-refractivity contribution is 6.30. The molecule has 1 unspecified atom stereocenters. The lowest BCUT2D eigenvalue weighted by atomic mass is 9.96. The van der Waals surface area contributed by atoms with Gasteiger partial charge in [-0.2, -0.15) is 5.26 Å². The summed E-state index contributed by atoms with van der Waals surface area (Å²) in [6.45, 7) is 5.39. The normalized spacial score (nSPS) is 16.9. The van der Waals surface area contributed by atoms with E-state index in [4.69, 9.17) is 16.9 Å². The number of benzene rings is 2. The molecule has 0 spiro atoms. The molecule has 0 aliphatic carbocycles. The first-order chi connectivity index (χ1) is 12.8. The zero-order valence-corrected chi connectivity index (χ0v) is 15.9. The van der Waals surface area contributed by atoms with Crippen LogP contribution in [0.15, 0.2) is 54.6 Å². The van der Waals surface area contributed by atoms with Crippen molar-refractivity contribution in [2.24, 2.45) is 0 Å². The summed E-state index contributed by atoms with van der Waals surface area (Å²) in [5, 5.41) is 9.43. The first-order valence-electron chi connectivity index (χ1n) is 9.41. The van der Waals surface area contributed by atoms with E-state index in [1.165, 1.54) is 11.1 Å². The molecule has 136 valence electrons. The molecule has 4 heteroatoms. The molecule has 1 heterocycles. The number of nitriles is 1. The third-order valence-electron chi connectivity index (χ3n) is 5.09. The molecule has 0 aromatic heterocycles. The minimum absolute atomic E-state index is 0.272. The Hall–Kier alpha value is -1.86. The Labute approximate surface area is 161 Å². The van der Waals surface area contributed by atoms with E-state index in [2.05, 4.69) is 58.3 Å². The topological polar surface area (TPSA) is 30.3 Å². The molecular weight excluding hydrogens is 342 g/mol. The highest BCUT2D eigenvalue weighted by Gasteiger charge is 2.26. The average molecular weight is 368 g/mol. The molecule has 26 heavy (non-hydrogen) atoms. The minimum atomic E-state index is 0.272. The molecule has 1 aliphatic heterocycles. The molecule has 1 saturated heterocycles.